The normalized spacial score (nSPS) is 13.7. The summed E-state index contributed by atoms with van der Waals surface area (Å²) in [6.45, 7) is 7.80. The number of aliphatic carboxylic acids is 1. The number of hydrogen-bond donors (Lipinski definition) is 2. The van der Waals surface area contributed by atoms with Crippen LogP contribution >= 0.6 is 11.8 Å². The van der Waals surface area contributed by atoms with Crippen LogP contribution in [0.3, 0.4) is 0 Å². The predicted molar refractivity (Wildman–Crippen MR) is 106 cm³/mol. The van der Waals surface area contributed by atoms with Crippen LogP contribution in [0.1, 0.15) is 43.6 Å². The molecule has 0 aliphatic heterocycles. The summed E-state index contributed by atoms with van der Waals surface area (Å²) in [5, 5.41) is 11.6. The van der Waals surface area contributed by atoms with Gasteiger partial charge in [0.05, 0.1) is 5.56 Å². The van der Waals surface area contributed by atoms with E-state index >= 15 is 0 Å². The van der Waals surface area contributed by atoms with Gasteiger partial charge >= 0.3 is 5.97 Å². The van der Waals surface area contributed by atoms with Crippen molar-refractivity contribution in [2.24, 2.45) is 0 Å². The Labute approximate surface area is 159 Å². The maximum absolute atomic E-state index is 12.8. The lowest BCUT2D eigenvalue weighted by Crippen LogP contribution is -2.45. The smallest absolute Gasteiger partial charge is 0.316 e. The van der Waals surface area contributed by atoms with Crippen molar-refractivity contribution in [1.29, 1.82) is 0 Å². The second kappa shape index (κ2) is 8.41. The molecule has 0 fully saturated rings. The van der Waals surface area contributed by atoms with Crippen molar-refractivity contribution in [2.45, 2.75) is 49.3 Å². The third-order valence-electron chi connectivity index (χ3n) is 4.73. The first-order valence-electron chi connectivity index (χ1n) is 8.58. The molecule has 2 N–H and O–H groups in total. The molecule has 0 spiro atoms. The van der Waals surface area contributed by atoms with Gasteiger partial charge < -0.3 is 10.4 Å². The fourth-order valence-electron chi connectivity index (χ4n) is 2.57. The number of amides is 1. The zero-order valence-electron chi connectivity index (χ0n) is 15.5. The van der Waals surface area contributed by atoms with Crippen LogP contribution in [0.5, 0.6) is 0 Å². The molecule has 0 saturated carbocycles. The molecule has 2 unspecified atom stereocenters. The van der Waals surface area contributed by atoms with Crippen molar-refractivity contribution < 1.29 is 14.7 Å². The fraction of sp³-hybridized carbons (Fsp3) is 0.333. The van der Waals surface area contributed by atoms with E-state index in [-0.39, 0.29) is 17.4 Å². The molecule has 2 aromatic carbocycles. The van der Waals surface area contributed by atoms with Gasteiger partial charge in [-0.3, -0.25) is 9.59 Å². The van der Waals surface area contributed by atoms with Gasteiger partial charge in [-0.15, -0.1) is 11.8 Å². The van der Waals surface area contributed by atoms with Crippen LogP contribution in [0.2, 0.25) is 0 Å². The summed E-state index contributed by atoms with van der Waals surface area (Å²) < 4.78 is 0. The lowest BCUT2D eigenvalue weighted by Gasteiger charge is -2.33. The summed E-state index contributed by atoms with van der Waals surface area (Å²) in [7, 11) is 0. The summed E-state index contributed by atoms with van der Waals surface area (Å²) in [6.07, 6.45) is 0. The first kappa shape index (κ1) is 20.0. The molecule has 2 aromatic rings. The minimum Gasteiger partial charge on any atom is -0.480 e. The summed E-state index contributed by atoms with van der Waals surface area (Å²) in [5.74, 6) is -1.09. The Hall–Kier alpha value is -2.27. The third-order valence-corrected chi connectivity index (χ3v) is 5.90. The SMILES string of the molecule is CC(Sc1ccccc1C(=O)NC(C)C(C)(C)c1ccccc1)C(=O)O. The van der Waals surface area contributed by atoms with Crippen molar-refractivity contribution in [3.8, 4) is 0 Å². The van der Waals surface area contributed by atoms with Gasteiger partial charge in [-0.2, -0.15) is 0 Å². The molecule has 0 aromatic heterocycles. The van der Waals surface area contributed by atoms with E-state index in [1.54, 1.807) is 25.1 Å². The van der Waals surface area contributed by atoms with Gasteiger partial charge in [0.2, 0.25) is 0 Å². The van der Waals surface area contributed by atoms with Crippen LogP contribution in [0, 0.1) is 0 Å². The summed E-state index contributed by atoms with van der Waals surface area (Å²) in [5.41, 5.74) is 1.41. The molecule has 2 rings (SSSR count). The van der Waals surface area contributed by atoms with Crippen LogP contribution < -0.4 is 5.32 Å². The van der Waals surface area contributed by atoms with Crippen LogP contribution in [0.15, 0.2) is 59.5 Å². The van der Waals surface area contributed by atoms with Crippen molar-refractivity contribution in [3.63, 3.8) is 0 Å². The Bertz CT molecular complexity index is 774. The van der Waals surface area contributed by atoms with Crippen molar-refractivity contribution in [1.82, 2.24) is 5.32 Å². The van der Waals surface area contributed by atoms with E-state index in [1.165, 1.54) is 11.8 Å². The zero-order chi connectivity index (χ0) is 19.3. The number of hydrogen-bond acceptors (Lipinski definition) is 3. The number of carbonyl (C=O) groups excluding carboxylic acids is 1. The molecule has 0 heterocycles. The second-order valence-corrected chi connectivity index (χ2v) is 8.26. The first-order chi connectivity index (χ1) is 12.2. The molecule has 0 aliphatic rings. The van der Waals surface area contributed by atoms with E-state index in [9.17, 15) is 9.59 Å². The highest BCUT2D eigenvalue weighted by atomic mass is 32.2. The van der Waals surface area contributed by atoms with Gasteiger partial charge in [0.1, 0.15) is 5.25 Å². The highest BCUT2D eigenvalue weighted by molar-refractivity contribution is 8.00. The van der Waals surface area contributed by atoms with E-state index in [0.29, 0.717) is 10.5 Å². The molecule has 138 valence electrons. The first-order valence-corrected chi connectivity index (χ1v) is 9.46. The van der Waals surface area contributed by atoms with Gasteiger partial charge in [0, 0.05) is 16.4 Å². The number of nitrogens with one attached hydrogen (secondary N) is 1. The van der Waals surface area contributed by atoms with E-state index in [1.807, 2.05) is 31.2 Å². The van der Waals surface area contributed by atoms with Crippen molar-refractivity contribution >= 4 is 23.6 Å². The van der Waals surface area contributed by atoms with Crippen LogP contribution in [0.25, 0.3) is 0 Å². The Morgan fingerprint density at radius 1 is 1.00 bits per heavy atom. The maximum atomic E-state index is 12.8. The van der Waals surface area contributed by atoms with E-state index in [2.05, 4.69) is 31.3 Å². The second-order valence-electron chi connectivity index (χ2n) is 6.88. The number of carboxylic acid groups (broad SMARTS) is 1. The predicted octanol–water partition coefficient (Wildman–Crippen LogP) is 4.35. The van der Waals surface area contributed by atoms with Gasteiger partial charge in [-0.25, -0.2) is 0 Å². The number of carbonyl (C=O) groups is 2. The topological polar surface area (TPSA) is 66.4 Å². The average molecular weight is 372 g/mol. The molecule has 0 bridgehead atoms. The summed E-state index contributed by atoms with van der Waals surface area (Å²) in [6, 6.07) is 17.1. The Morgan fingerprint density at radius 3 is 2.19 bits per heavy atom. The van der Waals surface area contributed by atoms with E-state index < -0.39 is 11.2 Å². The standard InChI is InChI=1S/C21H25NO3S/c1-14(20(24)25)26-18-13-9-8-12-17(18)19(23)22-15(2)21(3,4)16-10-6-5-7-11-16/h5-15H,1-4H3,(H,22,23)(H,24,25). The zero-order valence-corrected chi connectivity index (χ0v) is 16.3. The van der Waals surface area contributed by atoms with Gasteiger partial charge in [-0.1, -0.05) is 56.3 Å². The number of benzene rings is 2. The fourth-order valence-corrected chi connectivity index (χ4v) is 3.50. The Kier molecular flexibility index (Phi) is 6.48. The minimum atomic E-state index is -0.899. The van der Waals surface area contributed by atoms with E-state index in [0.717, 1.165) is 5.56 Å². The lowest BCUT2D eigenvalue weighted by molar-refractivity contribution is -0.136. The molecule has 0 saturated heterocycles. The van der Waals surface area contributed by atoms with Gasteiger partial charge in [0.15, 0.2) is 0 Å². The molecule has 0 radical (unpaired) electrons. The molecule has 26 heavy (non-hydrogen) atoms. The van der Waals surface area contributed by atoms with Crippen LogP contribution in [-0.4, -0.2) is 28.3 Å². The molecule has 4 nitrogen and oxygen atoms in total. The summed E-state index contributed by atoms with van der Waals surface area (Å²) >= 11 is 1.18. The Balaban J connectivity index is 2.18. The highest BCUT2D eigenvalue weighted by Gasteiger charge is 2.29. The number of carboxylic acids is 1. The maximum Gasteiger partial charge on any atom is 0.316 e. The molecular formula is C21H25NO3S. The quantitative estimate of drug-likeness (QED) is 0.710. The summed E-state index contributed by atoms with van der Waals surface area (Å²) in [4.78, 5) is 24.6. The number of rotatable bonds is 7. The van der Waals surface area contributed by atoms with Gasteiger partial charge in [0.25, 0.3) is 5.91 Å². The average Bonchev–Trinajstić information content (AvgIpc) is 2.62. The molecule has 1 amide bonds. The van der Waals surface area contributed by atoms with E-state index in [4.69, 9.17) is 5.11 Å². The van der Waals surface area contributed by atoms with Crippen molar-refractivity contribution in [2.75, 3.05) is 0 Å². The highest BCUT2D eigenvalue weighted by Crippen LogP contribution is 2.29. The monoisotopic (exact) mass is 371 g/mol. The number of thioether (sulfide) groups is 1. The Morgan fingerprint density at radius 2 is 1.58 bits per heavy atom. The van der Waals surface area contributed by atoms with Crippen LogP contribution in [-0.2, 0) is 10.2 Å². The van der Waals surface area contributed by atoms with Crippen molar-refractivity contribution in [3.05, 3.63) is 65.7 Å². The molecular weight excluding hydrogens is 346 g/mol. The van der Waals surface area contributed by atoms with Gasteiger partial charge in [-0.05, 0) is 31.5 Å². The largest absolute Gasteiger partial charge is 0.480 e. The third kappa shape index (κ3) is 4.67. The molecule has 2 atom stereocenters. The lowest BCUT2D eigenvalue weighted by atomic mass is 9.78. The molecule has 0 aliphatic carbocycles. The van der Waals surface area contributed by atoms with Crippen LogP contribution in [0.4, 0.5) is 0 Å². The molecule has 5 heteroatoms. The minimum absolute atomic E-state index is 0.104.